The average Bonchev–Trinajstić information content (AvgIpc) is 2.30. The standard InChI is InChI=1S/C10H18N2/c1-4-10-9(7-8(2)3)5-6-12(10)11/h5-6,8H,4,7,11H2,1-3H3. The van der Waals surface area contributed by atoms with E-state index in [9.17, 15) is 0 Å². The normalized spacial score (nSPS) is 11.0. The highest BCUT2D eigenvalue weighted by Gasteiger charge is 2.06. The summed E-state index contributed by atoms with van der Waals surface area (Å²) in [6, 6.07) is 2.12. The summed E-state index contributed by atoms with van der Waals surface area (Å²) < 4.78 is 1.73. The predicted octanol–water partition coefficient (Wildman–Crippen LogP) is 1.96. The van der Waals surface area contributed by atoms with Crippen molar-refractivity contribution < 1.29 is 0 Å². The van der Waals surface area contributed by atoms with E-state index in [2.05, 4.69) is 26.8 Å². The molecule has 1 aromatic heterocycles. The van der Waals surface area contributed by atoms with Crippen molar-refractivity contribution in [3.05, 3.63) is 23.5 Å². The van der Waals surface area contributed by atoms with Gasteiger partial charge in [0, 0.05) is 11.9 Å². The van der Waals surface area contributed by atoms with Gasteiger partial charge >= 0.3 is 0 Å². The van der Waals surface area contributed by atoms with E-state index in [0.717, 1.165) is 12.8 Å². The summed E-state index contributed by atoms with van der Waals surface area (Å²) in [7, 11) is 0. The molecule has 0 aliphatic carbocycles. The van der Waals surface area contributed by atoms with Gasteiger partial charge in [-0.2, -0.15) is 0 Å². The fourth-order valence-corrected chi connectivity index (χ4v) is 1.56. The summed E-state index contributed by atoms with van der Waals surface area (Å²) in [5.41, 5.74) is 2.67. The predicted molar refractivity (Wildman–Crippen MR) is 52.5 cm³/mol. The first-order valence-electron chi connectivity index (χ1n) is 4.59. The van der Waals surface area contributed by atoms with E-state index in [4.69, 9.17) is 5.84 Å². The van der Waals surface area contributed by atoms with Crippen LogP contribution in [0.25, 0.3) is 0 Å². The van der Waals surface area contributed by atoms with Gasteiger partial charge in [0.25, 0.3) is 0 Å². The van der Waals surface area contributed by atoms with Gasteiger partial charge in [0.1, 0.15) is 0 Å². The smallest absolute Gasteiger partial charge is 0.0421 e. The highest BCUT2D eigenvalue weighted by atomic mass is 15.3. The Morgan fingerprint density at radius 1 is 1.50 bits per heavy atom. The van der Waals surface area contributed by atoms with Crippen molar-refractivity contribution in [2.45, 2.75) is 33.6 Å². The summed E-state index contributed by atoms with van der Waals surface area (Å²) in [4.78, 5) is 0. The highest BCUT2D eigenvalue weighted by molar-refractivity contribution is 5.22. The zero-order valence-corrected chi connectivity index (χ0v) is 8.17. The van der Waals surface area contributed by atoms with Gasteiger partial charge < -0.3 is 5.84 Å². The van der Waals surface area contributed by atoms with Crippen molar-refractivity contribution in [3.63, 3.8) is 0 Å². The van der Waals surface area contributed by atoms with Crippen molar-refractivity contribution in [3.8, 4) is 0 Å². The minimum atomic E-state index is 0.706. The number of nitrogens with zero attached hydrogens (tertiary/aromatic N) is 1. The second-order valence-corrected chi connectivity index (χ2v) is 3.65. The molecular formula is C10H18N2. The maximum absolute atomic E-state index is 5.74. The fourth-order valence-electron chi connectivity index (χ4n) is 1.56. The Bertz CT molecular complexity index is 248. The first kappa shape index (κ1) is 9.17. The van der Waals surface area contributed by atoms with E-state index in [1.165, 1.54) is 11.3 Å². The molecule has 1 aromatic rings. The van der Waals surface area contributed by atoms with Crippen LogP contribution in [0, 0.1) is 5.92 Å². The summed E-state index contributed by atoms with van der Waals surface area (Å²) in [5, 5.41) is 0. The lowest BCUT2D eigenvalue weighted by atomic mass is 10.0. The van der Waals surface area contributed by atoms with Crippen LogP contribution in [-0.2, 0) is 12.8 Å². The zero-order chi connectivity index (χ0) is 9.14. The fraction of sp³-hybridized carbons (Fsp3) is 0.600. The Kier molecular flexibility index (Phi) is 2.79. The van der Waals surface area contributed by atoms with E-state index < -0.39 is 0 Å². The number of hydrogen-bond acceptors (Lipinski definition) is 1. The molecule has 2 nitrogen and oxygen atoms in total. The molecule has 0 saturated heterocycles. The third kappa shape index (κ3) is 1.81. The lowest BCUT2D eigenvalue weighted by Gasteiger charge is -2.06. The van der Waals surface area contributed by atoms with Gasteiger partial charge in [0.05, 0.1) is 0 Å². The van der Waals surface area contributed by atoms with Gasteiger partial charge in [-0.15, -0.1) is 0 Å². The second-order valence-electron chi connectivity index (χ2n) is 3.65. The molecule has 0 bridgehead atoms. The van der Waals surface area contributed by atoms with Gasteiger partial charge in [-0.05, 0) is 30.4 Å². The highest BCUT2D eigenvalue weighted by Crippen LogP contribution is 2.14. The van der Waals surface area contributed by atoms with Crippen LogP contribution in [0.4, 0.5) is 0 Å². The first-order chi connectivity index (χ1) is 5.65. The van der Waals surface area contributed by atoms with Crippen LogP contribution in [0.15, 0.2) is 12.3 Å². The molecule has 0 aliphatic rings. The molecule has 0 aromatic carbocycles. The zero-order valence-electron chi connectivity index (χ0n) is 8.17. The third-order valence-electron chi connectivity index (χ3n) is 2.08. The van der Waals surface area contributed by atoms with Crippen molar-refractivity contribution in [1.82, 2.24) is 4.68 Å². The Labute approximate surface area is 74.4 Å². The largest absolute Gasteiger partial charge is 0.339 e. The molecule has 0 amide bonds. The topological polar surface area (TPSA) is 30.9 Å². The first-order valence-corrected chi connectivity index (χ1v) is 4.59. The summed E-state index contributed by atoms with van der Waals surface area (Å²) >= 11 is 0. The molecule has 1 heterocycles. The number of nitrogen functional groups attached to an aromatic ring is 1. The Morgan fingerprint density at radius 3 is 2.67 bits per heavy atom. The van der Waals surface area contributed by atoms with Crippen LogP contribution in [0.5, 0.6) is 0 Å². The van der Waals surface area contributed by atoms with E-state index in [1.54, 1.807) is 4.68 Å². The third-order valence-corrected chi connectivity index (χ3v) is 2.08. The van der Waals surface area contributed by atoms with Crippen molar-refractivity contribution in [1.29, 1.82) is 0 Å². The molecule has 12 heavy (non-hydrogen) atoms. The quantitative estimate of drug-likeness (QED) is 0.684. The van der Waals surface area contributed by atoms with E-state index >= 15 is 0 Å². The van der Waals surface area contributed by atoms with Crippen molar-refractivity contribution in [2.24, 2.45) is 5.92 Å². The van der Waals surface area contributed by atoms with Gasteiger partial charge in [-0.3, -0.25) is 4.68 Å². The van der Waals surface area contributed by atoms with Crippen LogP contribution in [0.3, 0.4) is 0 Å². The minimum Gasteiger partial charge on any atom is -0.339 e. The number of aromatic nitrogens is 1. The van der Waals surface area contributed by atoms with Gasteiger partial charge in [-0.25, -0.2) is 0 Å². The molecular weight excluding hydrogens is 148 g/mol. The Hall–Kier alpha value is -0.920. The summed E-state index contributed by atoms with van der Waals surface area (Å²) in [6.07, 6.45) is 4.09. The molecule has 0 radical (unpaired) electrons. The van der Waals surface area contributed by atoms with Gasteiger partial charge in [-0.1, -0.05) is 20.8 Å². The van der Waals surface area contributed by atoms with E-state index in [-0.39, 0.29) is 0 Å². The maximum atomic E-state index is 5.74. The van der Waals surface area contributed by atoms with Crippen LogP contribution in [-0.4, -0.2) is 4.68 Å². The van der Waals surface area contributed by atoms with Gasteiger partial charge in [0.2, 0.25) is 0 Å². The molecule has 1 rings (SSSR count). The molecule has 2 heteroatoms. The number of hydrogen-bond donors (Lipinski definition) is 1. The summed E-state index contributed by atoms with van der Waals surface area (Å²) in [6.45, 7) is 6.60. The summed E-state index contributed by atoms with van der Waals surface area (Å²) in [5.74, 6) is 6.45. The Balaban J connectivity index is 2.84. The van der Waals surface area contributed by atoms with Crippen molar-refractivity contribution >= 4 is 0 Å². The minimum absolute atomic E-state index is 0.706. The molecule has 0 fully saturated rings. The van der Waals surface area contributed by atoms with Crippen molar-refractivity contribution in [2.75, 3.05) is 5.84 Å². The molecule has 2 N–H and O–H groups in total. The second kappa shape index (κ2) is 3.65. The average molecular weight is 166 g/mol. The number of nitrogens with two attached hydrogens (primary N) is 1. The lowest BCUT2D eigenvalue weighted by Crippen LogP contribution is -2.11. The lowest BCUT2D eigenvalue weighted by molar-refractivity contribution is 0.641. The van der Waals surface area contributed by atoms with Crippen LogP contribution in [0.1, 0.15) is 32.0 Å². The molecule has 0 aliphatic heterocycles. The van der Waals surface area contributed by atoms with Crippen LogP contribution < -0.4 is 5.84 Å². The van der Waals surface area contributed by atoms with E-state index in [1.807, 2.05) is 6.20 Å². The monoisotopic (exact) mass is 166 g/mol. The molecule has 0 atom stereocenters. The van der Waals surface area contributed by atoms with Crippen LogP contribution in [0.2, 0.25) is 0 Å². The molecule has 0 saturated carbocycles. The number of rotatable bonds is 3. The SMILES string of the molecule is CCc1c(CC(C)C)ccn1N. The Morgan fingerprint density at radius 2 is 2.17 bits per heavy atom. The van der Waals surface area contributed by atoms with Crippen LogP contribution >= 0.6 is 0 Å². The van der Waals surface area contributed by atoms with E-state index in [0.29, 0.717) is 5.92 Å². The molecule has 0 spiro atoms. The molecule has 0 unspecified atom stereocenters. The maximum Gasteiger partial charge on any atom is 0.0421 e. The molecule has 68 valence electrons. The van der Waals surface area contributed by atoms with Gasteiger partial charge in [0.15, 0.2) is 0 Å².